The summed E-state index contributed by atoms with van der Waals surface area (Å²) in [6.45, 7) is 3.64. The fourth-order valence-corrected chi connectivity index (χ4v) is 3.98. The number of imidazole rings is 1. The highest BCUT2D eigenvalue weighted by molar-refractivity contribution is 5.93. The van der Waals surface area contributed by atoms with Gasteiger partial charge in [0.15, 0.2) is 5.96 Å². The van der Waals surface area contributed by atoms with Crippen LogP contribution in [0.25, 0.3) is 11.0 Å². The second kappa shape index (κ2) is 7.82. The molecule has 0 unspecified atom stereocenters. The monoisotopic (exact) mass is 361 g/mol. The predicted molar refractivity (Wildman–Crippen MR) is 112 cm³/mol. The molecule has 140 valence electrons. The van der Waals surface area contributed by atoms with Crippen molar-refractivity contribution in [3.05, 3.63) is 59.4 Å². The molecule has 3 aromatic rings. The summed E-state index contributed by atoms with van der Waals surface area (Å²) in [7, 11) is 0. The number of anilines is 1. The molecular formula is C22H27N5. The van der Waals surface area contributed by atoms with Crippen LogP contribution in [0.2, 0.25) is 0 Å². The zero-order valence-corrected chi connectivity index (χ0v) is 15.9. The summed E-state index contributed by atoms with van der Waals surface area (Å²) in [5.74, 6) is 1.54. The Labute approximate surface area is 160 Å². The third-order valence-electron chi connectivity index (χ3n) is 5.33. The lowest BCUT2D eigenvalue weighted by Crippen LogP contribution is -2.24. The van der Waals surface area contributed by atoms with E-state index in [1.165, 1.54) is 35.9 Å². The van der Waals surface area contributed by atoms with Crippen LogP contribution in [0.1, 0.15) is 36.2 Å². The molecule has 0 aliphatic heterocycles. The lowest BCUT2D eigenvalue weighted by molar-refractivity contribution is 0.649. The van der Waals surface area contributed by atoms with Crippen LogP contribution in [0, 0.1) is 6.92 Å². The molecular weight excluding hydrogens is 334 g/mol. The van der Waals surface area contributed by atoms with Crippen molar-refractivity contribution in [3.8, 4) is 0 Å². The number of para-hydroxylation sites is 2. The van der Waals surface area contributed by atoms with Crippen molar-refractivity contribution in [2.24, 2.45) is 10.7 Å². The van der Waals surface area contributed by atoms with E-state index in [-0.39, 0.29) is 0 Å². The zero-order valence-electron chi connectivity index (χ0n) is 15.9. The van der Waals surface area contributed by atoms with Gasteiger partial charge in [-0.3, -0.25) is 4.99 Å². The van der Waals surface area contributed by atoms with Crippen molar-refractivity contribution < 1.29 is 0 Å². The second-order valence-corrected chi connectivity index (χ2v) is 7.20. The van der Waals surface area contributed by atoms with E-state index in [0.29, 0.717) is 12.5 Å². The topological polar surface area (TPSA) is 68.2 Å². The van der Waals surface area contributed by atoms with Crippen LogP contribution in [0.5, 0.6) is 0 Å². The summed E-state index contributed by atoms with van der Waals surface area (Å²) in [6, 6.07) is 14.7. The molecule has 0 spiro atoms. The normalized spacial score (nSPS) is 14.3. The number of benzene rings is 2. The first-order chi connectivity index (χ1) is 13.2. The SMILES string of the molecule is Cc1nc2ccccc2n1CCCN=C(N)Nc1cccc2c1CCCC2. The van der Waals surface area contributed by atoms with E-state index in [1.54, 1.807) is 0 Å². The van der Waals surface area contributed by atoms with E-state index in [0.717, 1.165) is 36.4 Å². The van der Waals surface area contributed by atoms with Gasteiger partial charge in [-0.1, -0.05) is 24.3 Å². The third kappa shape index (κ3) is 3.82. The minimum absolute atomic E-state index is 0.501. The largest absolute Gasteiger partial charge is 0.370 e. The average molecular weight is 361 g/mol. The highest BCUT2D eigenvalue weighted by atomic mass is 15.1. The van der Waals surface area contributed by atoms with Gasteiger partial charge in [-0.15, -0.1) is 0 Å². The number of rotatable bonds is 5. The number of nitrogens with one attached hydrogen (secondary N) is 1. The zero-order chi connectivity index (χ0) is 18.6. The highest BCUT2D eigenvalue weighted by Gasteiger charge is 2.13. The maximum absolute atomic E-state index is 6.14. The van der Waals surface area contributed by atoms with Gasteiger partial charge in [0.1, 0.15) is 5.82 Å². The summed E-state index contributed by atoms with van der Waals surface area (Å²) in [6.07, 6.45) is 5.75. The number of hydrogen-bond acceptors (Lipinski definition) is 2. The number of hydrogen-bond donors (Lipinski definition) is 2. The highest BCUT2D eigenvalue weighted by Crippen LogP contribution is 2.27. The lowest BCUT2D eigenvalue weighted by atomic mass is 9.90. The first-order valence-corrected chi connectivity index (χ1v) is 9.82. The fraction of sp³-hybridized carbons (Fsp3) is 0.364. The molecule has 0 bridgehead atoms. The molecule has 1 aromatic heterocycles. The standard InChI is InChI=1S/C22H27N5/c1-16-25-20-11-4-5-13-21(20)27(16)15-7-14-24-22(23)26-19-12-6-9-17-8-2-3-10-18(17)19/h4-6,9,11-13H,2-3,7-8,10,14-15H2,1H3,(H3,23,24,26). The van der Waals surface area contributed by atoms with E-state index in [4.69, 9.17) is 5.73 Å². The van der Waals surface area contributed by atoms with Crippen molar-refractivity contribution in [3.63, 3.8) is 0 Å². The van der Waals surface area contributed by atoms with Crippen LogP contribution in [0.3, 0.4) is 0 Å². The average Bonchev–Trinajstić information content (AvgIpc) is 3.01. The van der Waals surface area contributed by atoms with Gasteiger partial charge in [0, 0.05) is 18.8 Å². The number of guanidine groups is 1. The summed E-state index contributed by atoms with van der Waals surface area (Å²) in [4.78, 5) is 9.14. The molecule has 3 N–H and O–H groups in total. The molecule has 0 fully saturated rings. The Bertz CT molecular complexity index is 970. The smallest absolute Gasteiger partial charge is 0.193 e. The molecule has 5 nitrogen and oxygen atoms in total. The molecule has 4 rings (SSSR count). The van der Waals surface area contributed by atoms with Crippen LogP contribution in [0.15, 0.2) is 47.5 Å². The second-order valence-electron chi connectivity index (χ2n) is 7.20. The maximum atomic E-state index is 6.14. The van der Waals surface area contributed by atoms with Crippen LogP contribution < -0.4 is 11.1 Å². The van der Waals surface area contributed by atoms with Gasteiger partial charge in [-0.25, -0.2) is 4.98 Å². The molecule has 27 heavy (non-hydrogen) atoms. The Hall–Kier alpha value is -2.82. The first kappa shape index (κ1) is 17.6. The Morgan fingerprint density at radius 2 is 2.00 bits per heavy atom. The number of aliphatic imine (C=N–C) groups is 1. The minimum atomic E-state index is 0.501. The van der Waals surface area contributed by atoms with E-state index in [9.17, 15) is 0 Å². The molecule has 2 aromatic carbocycles. The Balaban J connectivity index is 1.37. The molecule has 1 heterocycles. The van der Waals surface area contributed by atoms with Crippen LogP contribution in [-0.4, -0.2) is 22.1 Å². The van der Waals surface area contributed by atoms with E-state index in [1.807, 2.05) is 6.07 Å². The van der Waals surface area contributed by atoms with Gasteiger partial charge in [0.05, 0.1) is 11.0 Å². The van der Waals surface area contributed by atoms with E-state index < -0.39 is 0 Å². The predicted octanol–water partition coefficient (Wildman–Crippen LogP) is 4.04. The summed E-state index contributed by atoms with van der Waals surface area (Å²) < 4.78 is 2.25. The molecule has 0 radical (unpaired) electrons. The number of aryl methyl sites for hydroxylation is 3. The summed E-state index contributed by atoms with van der Waals surface area (Å²) in [5.41, 5.74) is 12.3. The number of nitrogens with two attached hydrogens (primary N) is 1. The van der Waals surface area contributed by atoms with Gasteiger partial charge in [-0.2, -0.15) is 0 Å². The maximum Gasteiger partial charge on any atom is 0.193 e. The van der Waals surface area contributed by atoms with Crippen molar-refractivity contribution in [1.29, 1.82) is 0 Å². The van der Waals surface area contributed by atoms with Gasteiger partial charge in [0.25, 0.3) is 0 Å². The molecule has 0 saturated carbocycles. The van der Waals surface area contributed by atoms with Gasteiger partial charge in [-0.05, 0) is 68.4 Å². The van der Waals surface area contributed by atoms with Crippen molar-refractivity contribution in [1.82, 2.24) is 9.55 Å². The van der Waals surface area contributed by atoms with Crippen LogP contribution >= 0.6 is 0 Å². The van der Waals surface area contributed by atoms with E-state index in [2.05, 4.69) is 63.2 Å². The third-order valence-corrected chi connectivity index (χ3v) is 5.33. The first-order valence-electron chi connectivity index (χ1n) is 9.82. The van der Waals surface area contributed by atoms with Crippen molar-refractivity contribution in [2.75, 3.05) is 11.9 Å². The number of aromatic nitrogens is 2. The van der Waals surface area contributed by atoms with Crippen LogP contribution in [-0.2, 0) is 19.4 Å². The number of nitrogens with zero attached hydrogens (tertiary/aromatic N) is 3. The summed E-state index contributed by atoms with van der Waals surface area (Å²) in [5, 5.41) is 3.31. The van der Waals surface area contributed by atoms with Crippen molar-refractivity contribution >= 4 is 22.7 Å². The molecule has 0 atom stereocenters. The van der Waals surface area contributed by atoms with Gasteiger partial charge < -0.3 is 15.6 Å². The van der Waals surface area contributed by atoms with Crippen molar-refractivity contribution in [2.45, 2.75) is 45.6 Å². The Kier molecular flexibility index (Phi) is 5.10. The van der Waals surface area contributed by atoms with Gasteiger partial charge >= 0.3 is 0 Å². The van der Waals surface area contributed by atoms with Gasteiger partial charge in [0.2, 0.25) is 0 Å². The lowest BCUT2D eigenvalue weighted by Gasteiger charge is -2.19. The summed E-state index contributed by atoms with van der Waals surface area (Å²) >= 11 is 0. The van der Waals surface area contributed by atoms with E-state index >= 15 is 0 Å². The quantitative estimate of drug-likeness (QED) is 0.409. The fourth-order valence-electron chi connectivity index (χ4n) is 3.98. The molecule has 0 amide bonds. The molecule has 0 saturated heterocycles. The minimum Gasteiger partial charge on any atom is -0.370 e. The molecule has 5 heteroatoms. The molecule has 1 aliphatic carbocycles. The molecule has 1 aliphatic rings. The Morgan fingerprint density at radius 1 is 1.15 bits per heavy atom. The van der Waals surface area contributed by atoms with Crippen LogP contribution in [0.4, 0.5) is 5.69 Å². The number of fused-ring (bicyclic) bond motifs is 2. The Morgan fingerprint density at radius 3 is 2.93 bits per heavy atom.